The summed E-state index contributed by atoms with van der Waals surface area (Å²) in [7, 11) is 0. The van der Waals surface area contributed by atoms with E-state index in [9.17, 15) is 0 Å². The predicted octanol–water partition coefficient (Wildman–Crippen LogP) is 3.97. The average molecular weight is 187 g/mol. The first kappa shape index (κ1) is 8.87. The Kier molecular flexibility index (Phi) is 2.96. The van der Waals surface area contributed by atoms with E-state index in [2.05, 4.69) is 0 Å². The van der Waals surface area contributed by atoms with E-state index in [4.69, 9.17) is 11.6 Å². The summed E-state index contributed by atoms with van der Waals surface area (Å²) in [5.41, 5.74) is 0. The Balaban J connectivity index is 1.80. The summed E-state index contributed by atoms with van der Waals surface area (Å²) < 4.78 is 0. The van der Waals surface area contributed by atoms with Gasteiger partial charge < -0.3 is 0 Å². The molecule has 2 aliphatic carbocycles. The first-order valence-corrected chi connectivity index (χ1v) is 5.94. The van der Waals surface area contributed by atoms with Gasteiger partial charge in [0.25, 0.3) is 0 Å². The quantitative estimate of drug-likeness (QED) is 0.544. The highest BCUT2D eigenvalue weighted by atomic mass is 35.5. The molecule has 12 heavy (non-hydrogen) atoms. The molecule has 0 aromatic carbocycles. The van der Waals surface area contributed by atoms with Crippen molar-refractivity contribution in [1.82, 2.24) is 0 Å². The Labute approximate surface area is 80.7 Å². The van der Waals surface area contributed by atoms with Crippen LogP contribution in [0.15, 0.2) is 0 Å². The molecule has 2 rings (SSSR count). The van der Waals surface area contributed by atoms with Gasteiger partial charge in [0.15, 0.2) is 0 Å². The molecule has 0 atom stereocenters. The van der Waals surface area contributed by atoms with Crippen LogP contribution < -0.4 is 0 Å². The molecule has 2 aliphatic rings. The van der Waals surface area contributed by atoms with Crippen molar-refractivity contribution in [3.8, 4) is 0 Å². The molecule has 0 bridgehead atoms. The SMILES string of the molecule is ClC1CCC(C2CCCC2)CC1. The second kappa shape index (κ2) is 4.00. The Morgan fingerprint density at radius 2 is 1.17 bits per heavy atom. The highest BCUT2D eigenvalue weighted by Crippen LogP contribution is 2.40. The van der Waals surface area contributed by atoms with E-state index in [1.54, 1.807) is 0 Å². The molecule has 0 aromatic heterocycles. The highest BCUT2D eigenvalue weighted by Gasteiger charge is 2.28. The zero-order valence-electron chi connectivity index (χ0n) is 7.77. The van der Waals surface area contributed by atoms with Crippen molar-refractivity contribution in [3.63, 3.8) is 0 Å². The number of alkyl halides is 1. The summed E-state index contributed by atoms with van der Waals surface area (Å²) in [6, 6.07) is 0. The number of rotatable bonds is 1. The number of halogens is 1. The summed E-state index contributed by atoms with van der Waals surface area (Å²) in [4.78, 5) is 0. The van der Waals surface area contributed by atoms with Crippen LogP contribution in [0.3, 0.4) is 0 Å². The van der Waals surface area contributed by atoms with Gasteiger partial charge in [-0.1, -0.05) is 25.7 Å². The largest absolute Gasteiger partial charge is 0.123 e. The van der Waals surface area contributed by atoms with Crippen molar-refractivity contribution in [2.75, 3.05) is 0 Å². The predicted molar refractivity (Wildman–Crippen MR) is 53.6 cm³/mol. The molecule has 70 valence electrons. The third kappa shape index (κ3) is 1.96. The standard InChI is InChI=1S/C11H19Cl/c12-11-7-5-10(6-8-11)9-3-1-2-4-9/h9-11H,1-8H2. The van der Waals surface area contributed by atoms with Crippen LogP contribution in [0, 0.1) is 11.8 Å². The monoisotopic (exact) mass is 186 g/mol. The molecule has 0 heterocycles. The topological polar surface area (TPSA) is 0 Å². The van der Waals surface area contributed by atoms with Crippen molar-refractivity contribution < 1.29 is 0 Å². The molecule has 1 heteroatoms. The molecular formula is C11H19Cl. The van der Waals surface area contributed by atoms with Crippen LogP contribution in [0.2, 0.25) is 0 Å². The lowest BCUT2D eigenvalue weighted by Crippen LogP contribution is -2.20. The van der Waals surface area contributed by atoms with E-state index < -0.39 is 0 Å². The molecule has 0 nitrogen and oxygen atoms in total. The second-order valence-corrected chi connectivity index (χ2v) is 5.17. The molecule has 0 spiro atoms. The van der Waals surface area contributed by atoms with Crippen LogP contribution in [-0.4, -0.2) is 5.38 Å². The number of hydrogen-bond acceptors (Lipinski definition) is 0. The van der Waals surface area contributed by atoms with Crippen molar-refractivity contribution in [3.05, 3.63) is 0 Å². The van der Waals surface area contributed by atoms with Crippen molar-refractivity contribution >= 4 is 11.6 Å². The molecule has 0 unspecified atom stereocenters. The third-order valence-corrected chi connectivity index (χ3v) is 4.20. The molecule has 0 aromatic rings. The smallest absolute Gasteiger partial charge is 0.0336 e. The minimum atomic E-state index is 0.502. The summed E-state index contributed by atoms with van der Waals surface area (Å²) >= 11 is 6.09. The van der Waals surface area contributed by atoms with E-state index in [1.807, 2.05) is 0 Å². The van der Waals surface area contributed by atoms with Gasteiger partial charge in [0.2, 0.25) is 0 Å². The highest BCUT2D eigenvalue weighted by molar-refractivity contribution is 6.20. The van der Waals surface area contributed by atoms with Crippen LogP contribution in [0.4, 0.5) is 0 Å². The Hall–Kier alpha value is 0.290. The molecule has 2 saturated carbocycles. The van der Waals surface area contributed by atoms with E-state index in [0.29, 0.717) is 5.38 Å². The van der Waals surface area contributed by atoms with Gasteiger partial charge in [-0.05, 0) is 37.5 Å². The average Bonchev–Trinajstić information content (AvgIpc) is 2.58. The maximum Gasteiger partial charge on any atom is 0.0336 e. The van der Waals surface area contributed by atoms with E-state index in [0.717, 1.165) is 11.8 Å². The fourth-order valence-corrected chi connectivity index (χ4v) is 3.23. The van der Waals surface area contributed by atoms with Crippen LogP contribution in [0.25, 0.3) is 0 Å². The maximum atomic E-state index is 6.09. The molecule has 0 N–H and O–H groups in total. The second-order valence-electron chi connectivity index (χ2n) is 4.56. The van der Waals surface area contributed by atoms with Gasteiger partial charge in [0.05, 0.1) is 0 Å². The molecule has 0 radical (unpaired) electrons. The van der Waals surface area contributed by atoms with E-state index >= 15 is 0 Å². The lowest BCUT2D eigenvalue weighted by atomic mass is 9.79. The van der Waals surface area contributed by atoms with Crippen LogP contribution in [-0.2, 0) is 0 Å². The van der Waals surface area contributed by atoms with Gasteiger partial charge in [0, 0.05) is 5.38 Å². The van der Waals surface area contributed by atoms with Crippen LogP contribution >= 0.6 is 11.6 Å². The van der Waals surface area contributed by atoms with Crippen molar-refractivity contribution in [2.24, 2.45) is 11.8 Å². The number of hydrogen-bond donors (Lipinski definition) is 0. The Bertz CT molecular complexity index is 130. The lowest BCUT2D eigenvalue weighted by molar-refractivity contribution is 0.254. The normalized spacial score (nSPS) is 38.8. The van der Waals surface area contributed by atoms with Gasteiger partial charge >= 0.3 is 0 Å². The maximum absolute atomic E-state index is 6.09. The summed E-state index contributed by atoms with van der Waals surface area (Å²) in [5.74, 6) is 2.12. The zero-order valence-corrected chi connectivity index (χ0v) is 8.52. The first-order chi connectivity index (χ1) is 5.86. The van der Waals surface area contributed by atoms with Gasteiger partial charge in [-0.25, -0.2) is 0 Å². The van der Waals surface area contributed by atoms with Gasteiger partial charge in [-0.15, -0.1) is 11.6 Å². The fraction of sp³-hybridized carbons (Fsp3) is 1.00. The molecule has 0 amide bonds. The third-order valence-electron chi connectivity index (χ3n) is 3.77. The summed E-state index contributed by atoms with van der Waals surface area (Å²) in [6.45, 7) is 0. The fourth-order valence-electron chi connectivity index (χ4n) is 2.98. The van der Waals surface area contributed by atoms with Gasteiger partial charge in [0.1, 0.15) is 0 Å². The molecule has 0 aliphatic heterocycles. The van der Waals surface area contributed by atoms with Crippen molar-refractivity contribution in [1.29, 1.82) is 0 Å². The minimum Gasteiger partial charge on any atom is -0.123 e. The Morgan fingerprint density at radius 1 is 0.667 bits per heavy atom. The minimum absolute atomic E-state index is 0.502. The molecule has 2 fully saturated rings. The zero-order chi connectivity index (χ0) is 8.39. The molecular weight excluding hydrogens is 168 g/mol. The van der Waals surface area contributed by atoms with E-state index in [-0.39, 0.29) is 0 Å². The van der Waals surface area contributed by atoms with Crippen LogP contribution in [0.5, 0.6) is 0 Å². The van der Waals surface area contributed by atoms with Crippen molar-refractivity contribution in [2.45, 2.75) is 56.7 Å². The molecule has 0 saturated heterocycles. The van der Waals surface area contributed by atoms with Gasteiger partial charge in [-0.3, -0.25) is 0 Å². The van der Waals surface area contributed by atoms with Gasteiger partial charge in [-0.2, -0.15) is 0 Å². The first-order valence-electron chi connectivity index (χ1n) is 5.50. The summed E-state index contributed by atoms with van der Waals surface area (Å²) in [6.07, 6.45) is 11.4. The van der Waals surface area contributed by atoms with Crippen LogP contribution in [0.1, 0.15) is 51.4 Å². The summed E-state index contributed by atoms with van der Waals surface area (Å²) in [5, 5.41) is 0.502. The Morgan fingerprint density at radius 3 is 1.75 bits per heavy atom. The van der Waals surface area contributed by atoms with E-state index in [1.165, 1.54) is 51.4 Å². The lowest BCUT2D eigenvalue weighted by Gasteiger charge is -2.29.